The van der Waals surface area contributed by atoms with Crippen LogP contribution in [0.5, 0.6) is 0 Å². The molecular formula is C29H29N3O6. The Morgan fingerprint density at radius 2 is 1.82 bits per heavy atom. The third-order valence-electron chi connectivity index (χ3n) is 6.38. The van der Waals surface area contributed by atoms with Crippen LogP contribution in [0, 0.1) is 13.8 Å². The molecule has 196 valence electrons. The lowest BCUT2D eigenvalue weighted by Crippen LogP contribution is -2.43. The van der Waals surface area contributed by atoms with Crippen LogP contribution < -0.4 is 10.6 Å². The fourth-order valence-electron chi connectivity index (χ4n) is 4.47. The number of aromatic nitrogens is 1. The number of anilines is 1. The molecule has 3 N–H and O–H groups in total. The Labute approximate surface area is 220 Å². The fourth-order valence-corrected chi connectivity index (χ4v) is 4.47. The van der Waals surface area contributed by atoms with Crippen LogP contribution >= 0.6 is 0 Å². The molecular weight excluding hydrogens is 486 g/mol. The fraction of sp³-hybridized carbons (Fsp3) is 0.241. The number of rotatable bonds is 8. The van der Waals surface area contributed by atoms with Crippen LogP contribution in [0.2, 0.25) is 0 Å². The molecule has 1 aromatic heterocycles. The zero-order valence-electron chi connectivity index (χ0n) is 21.6. The lowest BCUT2D eigenvalue weighted by atomic mass is 10.0. The van der Waals surface area contributed by atoms with Crippen LogP contribution in [0.3, 0.4) is 0 Å². The zero-order valence-corrected chi connectivity index (χ0v) is 21.6. The van der Waals surface area contributed by atoms with Crippen LogP contribution in [0.4, 0.5) is 5.69 Å². The summed E-state index contributed by atoms with van der Waals surface area (Å²) in [5.74, 6) is -1.81. The summed E-state index contributed by atoms with van der Waals surface area (Å²) in [6.07, 6.45) is 1.92. The summed E-state index contributed by atoms with van der Waals surface area (Å²) in [6, 6.07) is 13.2. The molecule has 1 aliphatic heterocycles. The molecule has 0 bridgehead atoms. The number of hydrogen-bond acceptors (Lipinski definition) is 6. The number of benzene rings is 2. The number of nitrogens with one attached hydrogen (secondary N) is 3. The van der Waals surface area contributed by atoms with E-state index >= 15 is 0 Å². The van der Waals surface area contributed by atoms with Gasteiger partial charge in [-0.2, -0.15) is 0 Å². The summed E-state index contributed by atoms with van der Waals surface area (Å²) < 4.78 is 10.0. The van der Waals surface area contributed by atoms with Crippen LogP contribution in [0.1, 0.15) is 55.7 Å². The minimum Gasteiger partial charge on any atom is -0.467 e. The molecule has 0 saturated carbocycles. The number of ether oxygens (including phenoxy) is 2. The van der Waals surface area contributed by atoms with Crippen LogP contribution in [0.25, 0.3) is 11.6 Å². The van der Waals surface area contributed by atoms with Gasteiger partial charge < -0.3 is 25.1 Å². The van der Waals surface area contributed by atoms with Gasteiger partial charge in [-0.25, -0.2) is 9.59 Å². The van der Waals surface area contributed by atoms with Gasteiger partial charge in [0.15, 0.2) is 0 Å². The molecule has 0 saturated heterocycles. The summed E-state index contributed by atoms with van der Waals surface area (Å²) in [4.78, 5) is 53.9. The van der Waals surface area contributed by atoms with Crippen molar-refractivity contribution in [3.63, 3.8) is 0 Å². The van der Waals surface area contributed by atoms with Gasteiger partial charge in [0.2, 0.25) is 0 Å². The second-order valence-electron chi connectivity index (χ2n) is 8.90. The van der Waals surface area contributed by atoms with E-state index in [2.05, 4.69) is 15.6 Å². The molecule has 9 nitrogen and oxygen atoms in total. The average molecular weight is 516 g/mol. The van der Waals surface area contributed by atoms with Crippen molar-refractivity contribution in [1.82, 2.24) is 10.3 Å². The Morgan fingerprint density at radius 3 is 2.50 bits per heavy atom. The molecule has 1 aliphatic rings. The second-order valence-corrected chi connectivity index (χ2v) is 8.90. The molecule has 38 heavy (non-hydrogen) atoms. The third-order valence-corrected chi connectivity index (χ3v) is 6.38. The first kappa shape index (κ1) is 26.4. The van der Waals surface area contributed by atoms with Crippen molar-refractivity contribution in [3.8, 4) is 0 Å². The first-order chi connectivity index (χ1) is 18.2. The van der Waals surface area contributed by atoms with Gasteiger partial charge in [-0.1, -0.05) is 30.3 Å². The molecule has 1 unspecified atom stereocenters. The van der Waals surface area contributed by atoms with E-state index in [1.807, 2.05) is 30.3 Å². The second kappa shape index (κ2) is 11.2. The van der Waals surface area contributed by atoms with E-state index in [1.54, 1.807) is 45.0 Å². The SMILES string of the molecule is CCOC(=O)c1c(C)[nH]c(/C=C2\C(=O)Nc3ccc(C(=O)NC(Cc4ccccc4)C(=O)OC)cc32)c1C. The van der Waals surface area contributed by atoms with Crippen molar-refractivity contribution in [1.29, 1.82) is 0 Å². The first-order valence-electron chi connectivity index (χ1n) is 12.2. The predicted octanol–water partition coefficient (Wildman–Crippen LogP) is 3.82. The van der Waals surface area contributed by atoms with Gasteiger partial charge in [-0.3, -0.25) is 9.59 Å². The van der Waals surface area contributed by atoms with E-state index in [1.165, 1.54) is 7.11 Å². The van der Waals surface area contributed by atoms with Gasteiger partial charge >= 0.3 is 11.9 Å². The lowest BCUT2D eigenvalue weighted by Gasteiger charge is -2.17. The van der Waals surface area contributed by atoms with Crippen LogP contribution in [-0.4, -0.2) is 48.5 Å². The highest BCUT2D eigenvalue weighted by Gasteiger charge is 2.28. The van der Waals surface area contributed by atoms with E-state index in [-0.39, 0.29) is 24.5 Å². The van der Waals surface area contributed by atoms with Crippen LogP contribution in [0.15, 0.2) is 48.5 Å². The van der Waals surface area contributed by atoms with E-state index in [0.29, 0.717) is 39.3 Å². The Hall–Kier alpha value is -4.66. The number of hydrogen-bond donors (Lipinski definition) is 3. The van der Waals surface area contributed by atoms with Crippen molar-refractivity contribution in [2.45, 2.75) is 33.2 Å². The molecule has 2 heterocycles. The summed E-state index contributed by atoms with van der Waals surface area (Å²) in [7, 11) is 1.27. The van der Waals surface area contributed by atoms with Crippen molar-refractivity contribution in [2.24, 2.45) is 0 Å². The Bertz CT molecular complexity index is 1440. The number of methoxy groups -OCH3 is 1. The molecule has 1 atom stereocenters. The zero-order chi connectivity index (χ0) is 27.4. The molecule has 2 aromatic carbocycles. The number of carbonyl (C=O) groups excluding carboxylic acids is 4. The molecule has 0 radical (unpaired) electrons. The number of esters is 2. The average Bonchev–Trinajstić information content (AvgIpc) is 3.37. The molecule has 2 amide bonds. The van der Waals surface area contributed by atoms with Gasteiger partial charge in [-0.15, -0.1) is 0 Å². The maximum atomic E-state index is 13.1. The molecule has 0 fully saturated rings. The van der Waals surface area contributed by atoms with Crippen molar-refractivity contribution < 1.29 is 28.7 Å². The third kappa shape index (κ3) is 5.36. The smallest absolute Gasteiger partial charge is 0.340 e. The van der Waals surface area contributed by atoms with Gasteiger partial charge in [0.25, 0.3) is 11.8 Å². The summed E-state index contributed by atoms with van der Waals surface area (Å²) >= 11 is 0. The number of aryl methyl sites for hydroxylation is 1. The standard InChI is InChI=1S/C29H29N3O6/c1-5-38-29(36)25-16(2)23(30-17(25)3)15-21-20-14-19(11-12-22(20)31-27(21)34)26(33)32-24(28(35)37-4)13-18-9-7-6-8-10-18/h6-12,14-15,24,30H,5,13H2,1-4H3,(H,31,34)(H,32,33)/b21-15-. The molecule has 9 heteroatoms. The van der Waals surface area contributed by atoms with Crippen molar-refractivity contribution >= 4 is 41.1 Å². The molecule has 0 spiro atoms. The highest BCUT2D eigenvalue weighted by molar-refractivity contribution is 6.35. The number of aromatic amines is 1. The number of H-pyrrole nitrogens is 1. The maximum absolute atomic E-state index is 13.1. The Morgan fingerprint density at radius 1 is 1.08 bits per heavy atom. The van der Waals surface area contributed by atoms with E-state index in [4.69, 9.17) is 9.47 Å². The predicted molar refractivity (Wildman–Crippen MR) is 143 cm³/mol. The highest BCUT2D eigenvalue weighted by Crippen LogP contribution is 2.35. The number of fused-ring (bicyclic) bond motifs is 1. The normalized spacial score (nSPS) is 14.0. The molecule has 4 rings (SSSR count). The monoisotopic (exact) mass is 515 g/mol. The van der Waals surface area contributed by atoms with Gasteiger partial charge in [0.1, 0.15) is 6.04 Å². The summed E-state index contributed by atoms with van der Waals surface area (Å²) in [5.41, 5.74) is 4.88. The van der Waals surface area contributed by atoms with E-state index in [0.717, 1.165) is 5.56 Å². The largest absolute Gasteiger partial charge is 0.467 e. The molecule has 0 aliphatic carbocycles. The van der Waals surface area contributed by atoms with E-state index < -0.39 is 23.9 Å². The van der Waals surface area contributed by atoms with Crippen molar-refractivity contribution in [3.05, 3.63) is 87.7 Å². The number of carbonyl (C=O) groups is 4. The Balaban J connectivity index is 1.63. The Kier molecular flexibility index (Phi) is 7.76. The highest BCUT2D eigenvalue weighted by atomic mass is 16.5. The maximum Gasteiger partial charge on any atom is 0.340 e. The van der Waals surface area contributed by atoms with Crippen LogP contribution in [-0.2, 0) is 25.5 Å². The van der Waals surface area contributed by atoms with E-state index in [9.17, 15) is 19.2 Å². The molecule has 3 aromatic rings. The number of amides is 2. The first-order valence-corrected chi connectivity index (χ1v) is 12.2. The lowest BCUT2D eigenvalue weighted by molar-refractivity contribution is -0.142. The van der Waals surface area contributed by atoms with Crippen molar-refractivity contribution in [2.75, 3.05) is 19.0 Å². The minimum atomic E-state index is -0.885. The van der Waals surface area contributed by atoms with Gasteiger partial charge in [0.05, 0.1) is 24.9 Å². The summed E-state index contributed by atoms with van der Waals surface area (Å²) in [6.45, 7) is 5.53. The quantitative estimate of drug-likeness (QED) is 0.309. The summed E-state index contributed by atoms with van der Waals surface area (Å²) in [5, 5.41) is 5.55. The topological polar surface area (TPSA) is 127 Å². The van der Waals surface area contributed by atoms with Gasteiger partial charge in [-0.05, 0) is 56.2 Å². The van der Waals surface area contributed by atoms with Gasteiger partial charge in [0, 0.05) is 34.6 Å². The minimum absolute atomic E-state index is 0.252.